The van der Waals surface area contributed by atoms with Crippen molar-refractivity contribution in [3.8, 4) is 11.4 Å². The van der Waals surface area contributed by atoms with E-state index in [9.17, 15) is 5.11 Å². The van der Waals surface area contributed by atoms with E-state index in [2.05, 4.69) is 26.8 Å². The Labute approximate surface area is 141 Å². The van der Waals surface area contributed by atoms with Gasteiger partial charge in [-0.1, -0.05) is 19.1 Å². The van der Waals surface area contributed by atoms with Gasteiger partial charge in [-0.15, -0.1) is 12.4 Å². The monoisotopic (exact) mass is 335 g/mol. The van der Waals surface area contributed by atoms with E-state index in [1.807, 2.05) is 32.3 Å². The molecule has 0 aliphatic carbocycles. The Morgan fingerprint density at radius 3 is 2.78 bits per heavy atom. The summed E-state index contributed by atoms with van der Waals surface area (Å²) in [5, 5.41) is 14.9. The van der Waals surface area contributed by atoms with E-state index < -0.39 is 0 Å². The Morgan fingerprint density at radius 2 is 2.09 bits per heavy atom. The first-order valence-corrected chi connectivity index (χ1v) is 7.51. The van der Waals surface area contributed by atoms with Crippen molar-refractivity contribution < 1.29 is 5.11 Å². The minimum Gasteiger partial charge on any atom is -0.394 e. The van der Waals surface area contributed by atoms with Crippen LogP contribution in [0.15, 0.2) is 30.5 Å². The fraction of sp³-hybridized carbons (Fsp3) is 0.375. The molecule has 0 bridgehead atoms. The van der Waals surface area contributed by atoms with Crippen LogP contribution in [-0.4, -0.2) is 31.0 Å². The maximum absolute atomic E-state index is 9.22. The standard InChI is InChI=1S/C16H21N5O.ClH/c1-3-13(17)16-18-15(19-21(16)9-10-22)12-5-4-6-14-11(12)7-8-20(14)2;/h4-8,13,22H,3,9-10,17H2,1-2H3;1H/t13-;/m0./s1. The molecule has 124 valence electrons. The summed E-state index contributed by atoms with van der Waals surface area (Å²) in [6.45, 7) is 2.43. The Balaban J connectivity index is 0.00000192. The zero-order valence-corrected chi connectivity index (χ0v) is 14.1. The van der Waals surface area contributed by atoms with Crippen LogP contribution < -0.4 is 5.73 Å². The van der Waals surface area contributed by atoms with Crippen LogP contribution in [0, 0.1) is 0 Å². The number of rotatable bonds is 5. The Bertz CT molecular complexity index is 795. The second kappa shape index (κ2) is 7.12. The molecule has 0 saturated carbocycles. The lowest BCUT2D eigenvalue weighted by molar-refractivity contribution is 0.265. The zero-order chi connectivity index (χ0) is 15.7. The number of aromatic nitrogens is 4. The maximum Gasteiger partial charge on any atom is 0.182 e. The lowest BCUT2D eigenvalue weighted by Crippen LogP contribution is -2.17. The third kappa shape index (κ3) is 3.10. The van der Waals surface area contributed by atoms with Gasteiger partial charge in [-0.3, -0.25) is 0 Å². The fourth-order valence-electron chi connectivity index (χ4n) is 2.68. The van der Waals surface area contributed by atoms with Gasteiger partial charge in [-0.05, 0) is 18.6 Å². The van der Waals surface area contributed by atoms with E-state index >= 15 is 0 Å². The van der Waals surface area contributed by atoms with Gasteiger partial charge in [0.15, 0.2) is 5.82 Å². The molecule has 0 saturated heterocycles. The van der Waals surface area contributed by atoms with Gasteiger partial charge in [0.05, 0.1) is 19.2 Å². The fourth-order valence-corrected chi connectivity index (χ4v) is 2.68. The van der Waals surface area contributed by atoms with Crippen LogP contribution in [0.25, 0.3) is 22.3 Å². The number of fused-ring (bicyclic) bond motifs is 1. The number of aliphatic hydroxyl groups excluding tert-OH is 1. The van der Waals surface area contributed by atoms with Crippen molar-refractivity contribution in [2.75, 3.05) is 6.61 Å². The van der Waals surface area contributed by atoms with Crippen molar-refractivity contribution in [2.24, 2.45) is 12.8 Å². The second-order valence-corrected chi connectivity index (χ2v) is 5.42. The van der Waals surface area contributed by atoms with Crippen LogP contribution in [0.4, 0.5) is 0 Å². The van der Waals surface area contributed by atoms with Crippen molar-refractivity contribution in [1.29, 1.82) is 0 Å². The lowest BCUT2D eigenvalue weighted by Gasteiger charge is -2.08. The SMILES string of the molecule is CC[C@H](N)c1nc(-c2cccc3c2ccn3C)nn1CCO.Cl. The minimum atomic E-state index is -0.178. The number of aryl methyl sites for hydroxylation is 1. The number of aliphatic hydroxyl groups is 1. The summed E-state index contributed by atoms with van der Waals surface area (Å²) in [5.74, 6) is 1.38. The number of nitrogens with zero attached hydrogens (tertiary/aromatic N) is 4. The molecule has 23 heavy (non-hydrogen) atoms. The van der Waals surface area contributed by atoms with Gasteiger partial charge in [0, 0.05) is 29.7 Å². The largest absolute Gasteiger partial charge is 0.394 e. The van der Waals surface area contributed by atoms with Crippen LogP contribution in [0.1, 0.15) is 25.2 Å². The van der Waals surface area contributed by atoms with Gasteiger partial charge in [-0.2, -0.15) is 5.10 Å². The molecule has 1 aromatic carbocycles. The van der Waals surface area contributed by atoms with Crippen molar-refractivity contribution >= 4 is 23.3 Å². The van der Waals surface area contributed by atoms with Gasteiger partial charge in [0.25, 0.3) is 0 Å². The van der Waals surface area contributed by atoms with Crippen LogP contribution in [0.3, 0.4) is 0 Å². The van der Waals surface area contributed by atoms with E-state index in [0.717, 1.165) is 28.7 Å². The first kappa shape index (κ1) is 17.5. The summed E-state index contributed by atoms with van der Waals surface area (Å²) in [4.78, 5) is 4.64. The molecule has 0 amide bonds. The molecule has 0 fully saturated rings. The molecule has 1 atom stereocenters. The molecule has 3 N–H and O–H groups in total. The molecule has 3 aromatic rings. The van der Waals surface area contributed by atoms with E-state index in [1.54, 1.807) is 4.68 Å². The van der Waals surface area contributed by atoms with Crippen molar-refractivity contribution in [2.45, 2.75) is 25.9 Å². The average Bonchev–Trinajstić information content (AvgIpc) is 3.11. The highest BCUT2D eigenvalue weighted by Crippen LogP contribution is 2.28. The normalized spacial score (nSPS) is 12.3. The highest BCUT2D eigenvalue weighted by atomic mass is 35.5. The highest BCUT2D eigenvalue weighted by Gasteiger charge is 2.18. The van der Waals surface area contributed by atoms with Gasteiger partial charge in [-0.25, -0.2) is 9.67 Å². The predicted molar refractivity (Wildman–Crippen MR) is 93.5 cm³/mol. The summed E-state index contributed by atoms with van der Waals surface area (Å²) >= 11 is 0. The molecule has 0 spiro atoms. The quantitative estimate of drug-likeness (QED) is 0.749. The van der Waals surface area contributed by atoms with Crippen molar-refractivity contribution in [3.63, 3.8) is 0 Å². The van der Waals surface area contributed by atoms with Crippen LogP contribution >= 0.6 is 12.4 Å². The second-order valence-electron chi connectivity index (χ2n) is 5.42. The third-order valence-electron chi connectivity index (χ3n) is 3.95. The zero-order valence-electron chi connectivity index (χ0n) is 13.3. The summed E-state index contributed by atoms with van der Waals surface area (Å²) in [5.41, 5.74) is 8.25. The smallest absolute Gasteiger partial charge is 0.182 e. The highest BCUT2D eigenvalue weighted by molar-refractivity contribution is 5.93. The van der Waals surface area contributed by atoms with Crippen molar-refractivity contribution in [3.05, 3.63) is 36.3 Å². The van der Waals surface area contributed by atoms with E-state index in [-0.39, 0.29) is 25.1 Å². The summed E-state index contributed by atoms with van der Waals surface area (Å²) in [7, 11) is 2.02. The Morgan fingerprint density at radius 1 is 1.30 bits per heavy atom. The Hall–Kier alpha value is -1.89. The van der Waals surface area contributed by atoms with Gasteiger partial charge < -0.3 is 15.4 Å². The molecule has 0 aliphatic rings. The number of benzene rings is 1. The van der Waals surface area contributed by atoms with E-state index in [0.29, 0.717) is 12.4 Å². The summed E-state index contributed by atoms with van der Waals surface area (Å²) in [6, 6.07) is 7.98. The molecule has 2 heterocycles. The predicted octanol–water partition coefficient (Wildman–Crippen LogP) is 2.26. The Kier molecular flexibility index (Phi) is 5.41. The third-order valence-corrected chi connectivity index (χ3v) is 3.95. The number of halogens is 1. The number of hydrogen-bond acceptors (Lipinski definition) is 4. The summed E-state index contributed by atoms with van der Waals surface area (Å²) in [6.07, 6.45) is 2.80. The average molecular weight is 336 g/mol. The van der Waals surface area contributed by atoms with Crippen molar-refractivity contribution in [1.82, 2.24) is 19.3 Å². The number of nitrogens with two attached hydrogens (primary N) is 1. The topological polar surface area (TPSA) is 81.9 Å². The molecule has 7 heteroatoms. The van der Waals surface area contributed by atoms with Gasteiger partial charge in [0.1, 0.15) is 5.82 Å². The van der Waals surface area contributed by atoms with Crippen LogP contribution in [-0.2, 0) is 13.6 Å². The molecule has 3 rings (SSSR count). The summed E-state index contributed by atoms with van der Waals surface area (Å²) < 4.78 is 3.79. The molecule has 6 nitrogen and oxygen atoms in total. The van der Waals surface area contributed by atoms with Gasteiger partial charge in [0.2, 0.25) is 0 Å². The van der Waals surface area contributed by atoms with E-state index in [4.69, 9.17) is 5.73 Å². The van der Waals surface area contributed by atoms with E-state index in [1.165, 1.54) is 0 Å². The van der Waals surface area contributed by atoms with Crippen LogP contribution in [0.5, 0.6) is 0 Å². The molecular formula is C16H22ClN5O. The molecule has 0 aliphatic heterocycles. The van der Waals surface area contributed by atoms with Crippen LogP contribution in [0.2, 0.25) is 0 Å². The molecule has 0 unspecified atom stereocenters. The maximum atomic E-state index is 9.22. The lowest BCUT2D eigenvalue weighted by atomic mass is 10.1. The molecular weight excluding hydrogens is 314 g/mol. The molecule has 0 radical (unpaired) electrons. The first-order chi connectivity index (χ1) is 10.7. The molecule has 2 aromatic heterocycles. The van der Waals surface area contributed by atoms with Gasteiger partial charge >= 0.3 is 0 Å². The number of hydrogen-bond donors (Lipinski definition) is 2. The minimum absolute atomic E-state index is 0. The first-order valence-electron chi connectivity index (χ1n) is 7.51.